The number of halogens is 1. The highest BCUT2D eigenvalue weighted by molar-refractivity contribution is 5.99. The fraction of sp³-hybridized carbons (Fsp3) is 0.231. The number of fused-ring (bicyclic) bond motifs is 1. The van der Waals surface area contributed by atoms with Crippen LogP contribution in [-0.2, 0) is 6.54 Å². The quantitative estimate of drug-likeness (QED) is 0.632. The number of nitrogens with one attached hydrogen (secondary N) is 1. The van der Waals surface area contributed by atoms with Crippen LogP contribution in [0.15, 0.2) is 72.8 Å². The summed E-state index contributed by atoms with van der Waals surface area (Å²) in [5.74, 6) is -0.345. The minimum Gasteiger partial charge on any atom is -0.361 e. The first-order valence-electron chi connectivity index (χ1n) is 10.9. The van der Waals surface area contributed by atoms with Gasteiger partial charge in [-0.15, -0.1) is 0 Å². The molecular weight excluding hydrogens is 405 g/mol. The predicted octanol–water partition coefficient (Wildman–Crippen LogP) is 4.83. The lowest BCUT2D eigenvalue weighted by molar-refractivity contribution is 0.0727. The van der Waals surface area contributed by atoms with Gasteiger partial charge >= 0.3 is 0 Å². The van der Waals surface area contributed by atoms with Crippen molar-refractivity contribution in [1.82, 2.24) is 9.80 Å². The van der Waals surface area contributed by atoms with E-state index in [0.717, 1.165) is 42.7 Å². The first kappa shape index (κ1) is 20.2. The smallest absolute Gasteiger partial charge is 0.256 e. The number of benzene rings is 3. The van der Waals surface area contributed by atoms with Crippen LogP contribution in [0.1, 0.15) is 50.9 Å². The third kappa shape index (κ3) is 3.84. The maximum atomic E-state index is 13.3. The molecule has 1 unspecified atom stereocenters. The minimum atomic E-state index is -0.388. The van der Waals surface area contributed by atoms with Gasteiger partial charge in [-0.2, -0.15) is 0 Å². The second-order valence-corrected chi connectivity index (χ2v) is 8.27. The van der Waals surface area contributed by atoms with Crippen LogP contribution in [0.2, 0.25) is 0 Å². The van der Waals surface area contributed by atoms with Crippen molar-refractivity contribution in [2.24, 2.45) is 0 Å². The Morgan fingerprint density at radius 1 is 0.969 bits per heavy atom. The number of amides is 2. The Bertz CT molecular complexity index is 1160. The maximum Gasteiger partial charge on any atom is 0.256 e. The second-order valence-electron chi connectivity index (χ2n) is 8.27. The molecule has 0 spiro atoms. The van der Waals surface area contributed by atoms with Gasteiger partial charge in [-0.1, -0.05) is 36.4 Å². The monoisotopic (exact) mass is 429 g/mol. The van der Waals surface area contributed by atoms with Gasteiger partial charge in [0.15, 0.2) is 0 Å². The summed E-state index contributed by atoms with van der Waals surface area (Å²) in [5, 5.41) is 3.46. The van der Waals surface area contributed by atoms with Gasteiger partial charge in [-0.05, 0) is 54.8 Å². The van der Waals surface area contributed by atoms with Gasteiger partial charge in [0.2, 0.25) is 0 Å². The van der Waals surface area contributed by atoms with Crippen LogP contribution in [0.3, 0.4) is 0 Å². The van der Waals surface area contributed by atoms with Crippen LogP contribution in [0.5, 0.6) is 0 Å². The molecule has 0 radical (unpaired) electrons. The van der Waals surface area contributed by atoms with Crippen molar-refractivity contribution in [3.05, 3.63) is 101 Å². The number of carbonyl (C=O) groups excluding carboxylic acids is 2. The summed E-state index contributed by atoms with van der Waals surface area (Å²) in [5.41, 5.74) is 3.79. The molecule has 5 nitrogen and oxygen atoms in total. The third-order valence-corrected chi connectivity index (χ3v) is 6.13. The second kappa shape index (κ2) is 8.46. The van der Waals surface area contributed by atoms with Gasteiger partial charge in [0.05, 0.1) is 0 Å². The first-order chi connectivity index (χ1) is 15.6. The molecule has 3 aromatic carbocycles. The Morgan fingerprint density at radius 2 is 1.72 bits per heavy atom. The number of rotatable bonds is 5. The fourth-order valence-electron chi connectivity index (χ4n) is 4.48. The van der Waals surface area contributed by atoms with Gasteiger partial charge in [0.1, 0.15) is 12.0 Å². The molecule has 162 valence electrons. The van der Waals surface area contributed by atoms with E-state index in [-0.39, 0.29) is 23.8 Å². The van der Waals surface area contributed by atoms with Gasteiger partial charge < -0.3 is 15.1 Å². The van der Waals surface area contributed by atoms with Crippen molar-refractivity contribution in [2.45, 2.75) is 25.6 Å². The Labute approximate surface area is 186 Å². The van der Waals surface area contributed by atoms with E-state index in [1.807, 2.05) is 53.4 Å². The summed E-state index contributed by atoms with van der Waals surface area (Å²) >= 11 is 0. The van der Waals surface area contributed by atoms with Gasteiger partial charge in [-0.25, -0.2) is 4.39 Å². The normalized spacial score (nSPS) is 17.5. The van der Waals surface area contributed by atoms with E-state index >= 15 is 0 Å². The summed E-state index contributed by atoms with van der Waals surface area (Å²) in [6.07, 6.45) is 1.70. The molecule has 1 saturated heterocycles. The predicted molar refractivity (Wildman–Crippen MR) is 121 cm³/mol. The minimum absolute atomic E-state index is 0.0391. The summed E-state index contributed by atoms with van der Waals surface area (Å²) in [6.45, 7) is 1.94. The van der Waals surface area contributed by atoms with Crippen LogP contribution in [0.4, 0.5) is 10.1 Å². The lowest BCUT2D eigenvalue weighted by Gasteiger charge is -2.27. The zero-order chi connectivity index (χ0) is 22.1. The van der Waals surface area contributed by atoms with Crippen molar-refractivity contribution in [3.63, 3.8) is 0 Å². The molecular formula is C26H24FN3O2. The van der Waals surface area contributed by atoms with E-state index in [1.54, 1.807) is 17.0 Å². The molecule has 2 aliphatic heterocycles. The average molecular weight is 429 g/mol. The van der Waals surface area contributed by atoms with E-state index in [4.69, 9.17) is 0 Å². The number of likely N-dealkylation sites (tertiary alicyclic amines) is 1. The van der Waals surface area contributed by atoms with E-state index in [2.05, 4.69) is 5.32 Å². The number of anilines is 1. The highest BCUT2D eigenvalue weighted by atomic mass is 19.1. The highest BCUT2D eigenvalue weighted by Crippen LogP contribution is 2.35. The molecule has 2 heterocycles. The zero-order valence-corrected chi connectivity index (χ0v) is 17.6. The number of nitrogens with zero attached hydrogens (tertiary/aromatic N) is 2. The summed E-state index contributed by atoms with van der Waals surface area (Å²) in [7, 11) is 0. The Hall–Kier alpha value is -3.67. The standard InChI is InChI=1S/C26H24FN3O2/c27-20-12-10-18(11-13-20)17-30-24(22-8-1-2-9-23(22)26(30)32)28-21-7-5-6-19(16-21)25(31)29-14-3-4-15-29/h1-2,5-13,16,24,28H,3-4,14-15,17H2. The van der Waals surface area contributed by atoms with Crippen molar-refractivity contribution >= 4 is 17.5 Å². The van der Waals surface area contributed by atoms with E-state index in [0.29, 0.717) is 17.7 Å². The van der Waals surface area contributed by atoms with Crippen molar-refractivity contribution in [2.75, 3.05) is 18.4 Å². The molecule has 3 aromatic rings. The van der Waals surface area contributed by atoms with Gasteiger partial charge in [-0.3, -0.25) is 9.59 Å². The van der Waals surface area contributed by atoms with Crippen molar-refractivity contribution in [1.29, 1.82) is 0 Å². The first-order valence-corrected chi connectivity index (χ1v) is 10.9. The maximum absolute atomic E-state index is 13.3. The van der Waals surface area contributed by atoms with Crippen LogP contribution in [-0.4, -0.2) is 34.7 Å². The molecule has 2 amide bonds. The average Bonchev–Trinajstić information content (AvgIpc) is 3.44. The topological polar surface area (TPSA) is 52.7 Å². The molecule has 1 fully saturated rings. The number of hydrogen-bond donors (Lipinski definition) is 1. The van der Waals surface area contributed by atoms with Gasteiger partial charge in [0.25, 0.3) is 11.8 Å². The highest BCUT2D eigenvalue weighted by Gasteiger charge is 2.36. The third-order valence-electron chi connectivity index (χ3n) is 6.13. The lowest BCUT2D eigenvalue weighted by Crippen LogP contribution is -2.32. The molecule has 0 bridgehead atoms. The van der Waals surface area contributed by atoms with Gasteiger partial charge in [0, 0.05) is 42.0 Å². The van der Waals surface area contributed by atoms with Crippen LogP contribution < -0.4 is 5.32 Å². The Kier molecular flexibility index (Phi) is 5.35. The van der Waals surface area contributed by atoms with Crippen molar-refractivity contribution < 1.29 is 14.0 Å². The molecule has 5 rings (SSSR count). The molecule has 6 heteroatoms. The largest absolute Gasteiger partial charge is 0.361 e. The molecule has 2 aliphatic rings. The summed E-state index contributed by atoms with van der Waals surface area (Å²) in [4.78, 5) is 29.6. The fourth-order valence-corrected chi connectivity index (χ4v) is 4.48. The molecule has 0 aliphatic carbocycles. The zero-order valence-electron chi connectivity index (χ0n) is 17.6. The van der Waals surface area contributed by atoms with Crippen LogP contribution >= 0.6 is 0 Å². The van der Waals surface area contributed by atoms with E-state index in [9.17, 15) is 14.0 Å². The molecule has 1 atom stereocenters. The van der Waals surface area contributed by atoms with E-state index < -0.39 is 0 Å². The van der Waals surface area contributed by atoms with Crippen LogP contribution in [0, 0.1) is 5.82 Å². The Morgan fingerprint density at radius 3 is 2.50 bits per heavy atom. The number of carbonyl (C=O) groups is 2. The molecule has 32 heavy (non-hydrogen) atoms. The summed E-state index contributed by atoms with van der Waals surface area (Å²) in [6, 6.07) is 21.2. The number of hydrogen-bond acceptors (Lipinski definition) is 3. The summed E-state index contributed by atoms with van der Waals surface area (Å²) < 4.78 is 13.3. The van der Waals surface area contributed by atoms with E-state index in [1.165, 1.54) is 12.1 Å². The molecule has 1 N–H and O–H groups in total. The lowest BCUT2D eigenvalue weighted by atomic mass is 10.1. The molecule has 0 saturated carbocycles. The van der Waals surface area contributed by atoms with Crippen LogP contribution in [0.25, 0.3) is 0 Å². The Balaban J connectivity index is 1.43. The van der Waals surface area contributed by atoms with Crippen molar-refractivity contribution in [3.8, 4) is 0 Å². The molecule has 0 aromatic heterocycles. The SMILES string of the molecule is O=C(c1cccc(NC2c3ccccc3C(=O)N2Cc2ccc(F)cc2)c1)N1CCCC1.